The largest absolute Gasteiger partial charge is 0.419 e. The second kappa shape index (κ2) is 6.48. The van der Waals surface area contributed by atoms with E-state index in [0.29, 0.717) is 37.3 Å². The molecule has 0 aliphatic carbocycles. The van der Waals surface area contributed by atoms with Crippen molar-refractivity contribution in [1.29, 1.82) is 0 Å². The number of carbonyl (C=O) groups is 2. The SMILES string of the molecule is COCCN1CCN(C(=O)c2cccc3c2oc(=O)n3C)CC1=O. The molecule has 2 heterocycles. The van der Waals surface area contributed by atoms with Crippen LogP contribution in [0.25, 0.3) is 11.1 Å². The minimum atomic E-state index is -0.522. The number of amides is 2. The van der Waals surface area contributed by atoms with E-state index in [1.54, 1.807) is 37.3 Å². The Morgan fingerprint density at radius 1 is 1.29 bits per heavy atom. The Hall–Kier alpha value is -2.61. The maximum Gasteiger partial charge on any atom is 0.419 e. The van der Waals surface area contributed by atoms with Crippen molar-refractivity contribution in [3.05, 3.63) is 34.3 Å². The highest BCUT2D eigenvalue weighted by atomic mass is 16.5. The molecule has 3 rings (SSSR count). The van der Waals surface area contributed by atoms with Gasteiger partial charge in [0.1, 0.15) is 6.54 Å². The van der Waals surface area contributed by atoms with E-state index in [4.69, 9.17) is 9.15 Å². The van der Waals surface area contributed by atoms with Crippen LogP contribution in [0.2, 0.25) is 0 Å². The van der Waals surface area contributed by atoms with Crippen LogP contribution in [0.3, 0.4) is 0 Å². The van der Waals surface area contributed by atoms with E-state index < -0.39 is 5.76 Å². The number of aromatic nitrogens is 1. The summed E-state index contributed by atoms with van der Waals surface area (Å²) in [6.07, 6.45) is 0. The Balaban J connectivity index is 1.82. The normalized spacial score (nSPS) is 15.3. The number of piperazine rings is 1. The molecule has 0 unspecified atom stereocenters. The number of hydrogen-bond donors (Lipinski definition) is 0. The first-order chi connectivity index (χ1) is 11.5. The Bertz CT molecular complexity index is 838. The first-order valence-electron chi connectivity index (χ1n) is 7.67. The fourth-order valence-corrected chi connectivity index (χ4v) is 2.81. The van der Waals surface area contributed by atoms with Gasteiger partial charge >= 0.3 is 5.76 Å². The van der Waals surface area contributed by atoms with Gasteiger partial charge in [0.25, 0.3) is 5.91 Å². The molecule has 0 bridgehead atoms. The standard InChI is InChI=1S/C16H19N3O5/c1-17-12-5-3-4-11(14(12)24-16(17)22)15(21)19-7-6-18(8-9-23-2)13(20)10-19/h3-5H,6-10H2,1-2H3. The van der Waals surface area contributed by atoms with Gasteiger partial charge in [0.05, 0.1) is 17.7 Å². The molecule has 1 aromatic heterocycles. The van der Waals surface area contributed by atoms with E-state index in [1.807, 2.05) is 0 Å². The lowest BCUT2D eigenvalue weighted by molar-refractivity contribution is -0.135. The average Bonchev–Trinajstić information content (AvgIpc) is 2.88. The number of hydrogen-bond acceptors (Lipinski definition) is 5. The number of rotatable bonds is 4. The van der Waals surface area contributed by atoms with Crippen LogP contribution in [0.4, 0.5) is 0 Å². The molecule has 8 heteroatoms. The van der Waals surface area contributed by atoms with Gasteiger partial charge in [-0.3, -0.25) is 14.2 Å². The maximum absolute atomic E-state index is 12.8. The molecule has 1 aromatic carbocycles. The van der Waals surface area contributed by atoms with E-state index in [2.05, 4.69) is 0 Å². The van der Waals surface area contributed by atoms with Crippen LogP contribution in [-0.4, -0.2) is 66.1 Å². The summed E-state index contributed by atoms with van der Waals surface area (Å²) in [4.78, 5) is 39.8. The number of methoxy groups -OCH3 is 1. The zero-order valence-electron chi connectivity index (χ0n) is 13.7. The number of nitrogens with zero attached hydrogens (tertiary/aromatic N) is 3. The Morgan fingerprint density at radius 2 is 2.08 bits per heavy atom. The highest BCUT2D eigenvalue weighted by molar-refractivity contribution is 6.05. The van der Waals surface area contributed by atoms with Gasteiger partial charge in [0.2, 0.25) is 5.91 Å². The number of benzene rings is 1. The fraction of sp³-hybridized carbons (Fsp3) is 0.438. The zero-order valence-corrected chi connectivity index (χ0v) is 13.7. The van der Waals surface area contributed by atoms with Crippen molar-refractivity contribution in [3.63, 3.8) is 0 Å². The highest BCUT2D eigenvalue weighted by Gasteiger charge is 2.29. The number of fused-ring (bicyclic) bond motifs is 1. The average molecular weight is 333 g/mol. The van der Waals surface area contributed by atoms with Crippen molar-refractivity contribution in [2.45, 2.75) is 0 Å². The molecule has 0 saturated carbocycles. The van der Waals surface area contributed by atoms with E-state index in [1.165, 1.54) is 9.47 Å². The fourth-order valence-electron chi connectivity index (χ4n) is 2.81. The quantitative estimate of drug-likeness (QED) is 0.790. The van der Waals surface area contributed by atoms with Gasteiger partial charge in [-0.1, -0.05) is 6.07 Å². The van der Waals surface area contributed by atoms with E-state index in [-0.39, 0.29) is 23.9 Å². The summed E-state index contributed by atoms with van der Waals surface area (Å²) in [6.45, 7) is 1.88. The topological polar surface area (TPSA) is 85.0 Å². The first-order valence-corrected chi connectivity index (χ1v) is 7.67. The monoisotopic (exact) mass is 333 g/mol. The van der Waals surface area contributed by atoms with Gasteiger partial charge in [-0.2, -0.15) is 0 Å². The summed E-state index contributed by atoms with van der Waals surface area (Å²) in [5, 5.41) is 0. The van der Waals surface area contributed by atoms with Gasteiger partial charge in [-0.05, 0) is 12.1 Å². The van der Waals surface area contributed by atoms with E-state index in [9.17, 15) is 14.4 Å². The van der Waals surface area contributed by atoms with Crippen molar-refractivity contribution < 1.29 is 18.7 Å². The van der Waals surface area contributed by atoms with Crippen LogP contribution in [0, 0.1) is 0 Å². The lowest BCUT2D eigenvalue weighted by atomic mass is 10.1. The number of carbonyl (C=O) groups excluding carboxylic acids is 2. The molecule has 1 aliphatic rings. The van der Waals surface area contributed by atoms with Crippen molar-refractivity contribution in [2.75, 3.05) is 39.9 Å². The minimum Gasteiger partial charge on any atom is -0.407 e. The Morgan fingerprint density at radius 3 is 2.79 bits per heavy atom. The number of aryl methyl sites for hydroxylation is 1. The molecule has 2 aromatic rings. The summed E-state index contributed by atoms with van der Waals surface area (Å²) >= 11 is 0. The molecule has 8 nitrogen and oxygen atoms in total. The van der Waals surface area contributed by atoms with Gasteiger partial charge in [0, 0.05) is 33.8 Å². The lowest BCUT2D eigenvalue weighted by Crippen LogP contribution is -2.52. The van der Waals surface area contributed by atoms with Crippen LogP contribution in [-0.2, 0) is 16.6 Å². The summed E-state index contributed by atoms with van der Waals surface area (Å²) < 4.78 is 11.5. The molecule has 1 fully saturated rings. The van der Waals surface area contributed by atoms with Crippen LogP contribution >= 0.6 is 0 Å². The smallest absolute Gasteiger partial charge is 0.407 e. The number of oxazole rings is 1. The van der Waals surface area contributed by atoms with Crippen molar-refractivity contribution in [1.82, 2.24) is 14.4 Å². The Labute approximate surface area is 138 Å². The van der Waals surface area contributed by atoms with Crippen molar-refractivity contribution in [2.24, 2.45) is 7.05 Å². The number of ether oxygens (including phenoxy) is 1. The van der Waals surface area contributed by atoms with Crippen LogP contribution < -0.4 is 5.76 Å². The molecule has 1 saturated heterocycles. The maximum atomic E-state index is 12.8. The summed E-state index contributed by atoms with van der Waals surface area (Å²) in [5.41, 5.74) is 1.10. The van der Waals surface area contributed by atoms with Gasteiger partial charge in [-0.15, -0.1) is 0 Å². The predicted octanol–water partition coefficient (Wildman–Crippen LogP) is 0.0623. The molecule has 24 heavy (non-hydrogen) atoms. The molecule has 0 radical (unpaired) electrons. The second-order valence-electron chi connectivity index (χ2n) is 5.68. The molecule has 1 aliphatic heterocycles. The van der Waals surface area contributed by atoms with Crippen LogP contribution in [0.15, 0.2) is 27.4 Å². The van der Waals surface area contributed by atoms with Crippen molar-refractivity contribution >= 4 is 22.9 Å². The third-order valence-electron chi connectivity index (χ3n) is 4.22. The van der Waals surface area contributed by atoms with Gasteiger partial charge < -0.3 is 19.0 Å². The molecule has 0 N–H and O–H groups in total. The first kappa shape index (κ1) is 16.3. The Kier molecular flexibility index (Phi) is 4.39. The number of para-hydroxylation sites is 1. The van der Waals surface area contributed by atoms with Crippen LogP contribution in [0.1, 0.15) is 10.4 Å². The van der Waals surface area contributed by atoms with Gasteiger partial charge in [0.15, 0.2) is 5.58 Å². The second-order valence-corrected chi connectivity index (χ2v) is 5.68. The molecular weight excluding hydrogens is 314 g/mol. The molecule has 0 spiro atoms. The minimum absolute atomic E-state index is 0.00992. The predicted molar refractivity (Wildman–Crippen MR) is 85.8 cm³/mol. The summed E-state index contributed by atoms with van der Waals surface area (Å²) in [5.74, 6) is -0.950. The highest BCUT2D eigenvalue weighted by Crippen LogP contribution is 2.20. The summed E-state index contributed by atoms with van der Waals surface area (Å²) in [6, 6.07) is 5.02. The zero-order chi connectivity index (χ0) is 17.3. The van der Waals surface area contributed by atoms with E-state index >= 15 is 0 Å². The molecule has 128 valence electrons. The third kappa shape index (κ3) is 2.80. The third-order valence-corrected chi connectivity index (χ3v) is 4.22. The molecule has 0 atom stereocenters. The molecular formula is C16H19N3O5. The van der Waals surface area contributed by atoms with E-state index in [0.717, 1.165) is 0 Å². The lowest BCUT2D eigenvalue weighted by Gasteiger charge is -2.34. The van der Waals surface area contributed by atoms with Gasteiger partial charge in [-0.25, -0.2) is 4.79 Å². The molecule has 2 amide bonds. The summed E-state index contributed by atoms with van der Waals surface area (Å²) in [7, 11) is 3.17. The van der Waals surface area contributed by atoms with Crippen LogP contribution in [0.5, 0.6) is 0 Å². The van der Waals surface area contributed by atoms with Crippen molar-refractivity contribution in [3.8, 4) is 0 Å².